The Morgan fingerprint density at radius 3 is 2.00 bits per heavy atom. The molecule has 0 aliphatic carbocycles. The number of amides is 1. The number of nitrogens with one attached hydrogen (secondary N) is 1. The van der Waals surface area contributed by atoms with Gasteiger partial charge in [0.2, 0.25) is 5.91 Å². The summed E-state index contributed by atoms with van der Waals surface area (Å²) in [6, 6.07) is -0.801. The molecule has 112 valence electrons. The van der Waals surface area contributed by atoms with Gasteiger partial charge in [-0.25, -0.2) is 4.79 Å². The van der Waals surface area contributed by atoms with Crippen LogP contribution in [0.3, 0.4) is 0 Å². The fourth-order valence-corrected chi connectivity index (χ4v) is 2.14. The second kappa shape index (κ2) is 8.91. The van der Waals surface area contributed by atoms with Crippen LogP contribution in [-0.2, 0) is 9.59 Å². The largest absolute Gasteiger partial charge is 0.480 e. The SMILES string of the molecule is CC(C)CC(NC(=O)C[C@@H](CN)CC(C)C)C(=O)O. The zero-order valence-corrected chi connectivity index (χ0v) is 12.5. The first-order valence-corrected chi connectivity index (χ1v) is 6.98. The van der Waals surface area contributed by atoms with Crippen LogP contribution in [0.1, 0.15) is 47.0 Å². The van der Waals surface area contributed by atoms with Crippen LogP contribution in [0.25, 0.3) is 0 Å². The van der Waals surface area contributed by atoms with Gasteiger partial charge in [-0.3, -0.25) is 4.79 Å². The summed E-state index contributed by atoms with van der Waals surface area (Å²) in [5, 5.41) is 11.7. The van der Waals surface area contributed by atoms with E-state index >= 15 is 0 Å². The van der Waals surface area contributed by atoms with Crippen molar-refractivity contribution in [3.05, 3.63) is 0 Å². The van der Waals surface area contributed by atoms with Crippen LogP contribution >= 0.6 is 0 Å². The minimum Gasteiger partial charge on any atom is -0.480 e. The molecule has 0 fully saturated rings. The lowest BCUT2D eigenvalue weighted by atomic mass is 9.93. The molecule has 1 unspecified atom stereocenters. The van der Waals surface area contributed by atoms with Gasteiger partial charge in [0.05, 0.1) is 0 Å². The molecule has 0 radical (unpaired) electrons. The van der Waals surface area contributed by atoms with Crippen LogP contribution in [0.15, 0.2) is 0 Å². The molecule has 19 heavy (non-hydrogen) atoms. The Morgan fingerprint density at radius 2 is 1.63 bits per heavy atom. The fourth-order valence-electron chi connectivity index (χ4n) is 2.14. The van der Waals surface area contributed by atoms with Crippen LogP contribution in [0.5, 0.6) is 0 Å². The minimum absolute atomic E-state index is 0.119. The molecule has 5 heteroatoms. The van der Waals surface area contributed by atoms with Crippen molar-refractivity contribution in [3.63, 3.8) is 0 Å². The predicted octanol–water partition coefficient (Wildman–Crippen LogP) is 1.61. The molecule has 0 saturated heterocycles. The summed E-state index contributed by atoms with van der Waals surface area (Å²) in [5.41, 5.74) is 5.64. The first kappa shape index (κ1) is 17.9. The van der Waals surface area contributed by atoms with E-state index in [1.165, 1.54) is 0 Å². The summed E-state index contributed by atoms with van der Waals surface area (Å²) in [4.78, 5) is 22.9. The maximum absolute atomic E-state index is 11.9. The smallest absolute Gasteiger partial charge is 0.326 e. The molecule has 2 atom stereocenters. The first-order chi connectivity index (χ1) is 8.76. The maximum Gasteiger partial charge on any atom is 0.326 e. The average molecular weight is 272 g/mol. The van der Waals surface area contributed by atoms with Crippen molar-refractivity contribution >= 4 is 11.9 Å². The number of nitrogens with two attached hydrogens (primary N) is 1. The molecular weight excluding hydrogens is 244 g/mol. The third-order valence-electron chi connectivity index (χ3n) is 2.95. The number of aliphatic carboxylic acids is 1. The summed E-state index contributed by atoms with van der Waals surface area (Å²) in [7, 11) is 0. The minimum atomic E-state index is -0.977. The highest BCUT2D eigenvalue weighted by Gasteiger charge is 2.22. The van der Waals surface area contributed by atoms with Crippen LogP contribution in [0.2, 0.25) is 0 Å². The summed E-state index contributed by atoms with van der Waals surface area (Å²) in [6.45, 7) is 8.49. The summed E-state index contributed by atoms with van der Waals surface area (Å²) < 4.78 is 0. The fraction of sp³-hybridized carbons (Fsp3) is 0.857. The molecule has 0 spiro atoms. The highest BCUT2D eigenvalue weighted by atomic mass is 16.4. The third-order valence-corrected chi connectivity index (χ3v) is 2.95. The summed E-state index contributed by atoms with van der Waals surface area (Å²) >= 11 is 0. The number of hydrogen-bond donors (Lipinski definition) is 3. The Kier molecular flexibility index (Phi) is 8.39. The molecule has 0 bridgehead atoms. The van der Waals surface area contributed by atoms with E-state index in [0.29, 0.717) is 25.3 Å². The summed E-state index contributed by atoms with van der Waals surface area (Å²) in [6.07, 6.45) is 1.63. The van der Waals surface area contributed by atoms with Crippen LogP contribution in [0, 0.1) is 17.8 Å². The molecule has 0 rings (SSSR count). The van der Waals surface area contributed by atoms with Crippen LogP contribution < -0.4 is 11.1 Å². The Labute approximate surface area is 115 Å². The van der Waals surface area contributed by atoms with Crippen molar-refractivity contribution in [3.8, 4) is 0 Å². The summed E-state index contributed by atoms with van der Waals surface area (Å²) in [5.74, 6) is -0.373. The number of carbonyl (C=O) groups excluding carboxylic acids is 1. The molecule has 0 aromatic heterocycles. The zero-order chi connectivity index (χ0) is 15.0. The monoisotopic (exact) mass is 272 g/mol. The molecule has 0 heterocycles. The van der Waals surface area contributed by atoms with E-state index in [1.807, 2.05) is 13.8 Å². The second-order valence-corrected chi connectivity index (χ2v) is 6.02. The lowest BCUT2D eigenvalue weighted by Gasteiger charge is -2.20. The van der Waals surface area contributed by atoms with Crippen LogP contribution in [0.4, 0.5) is 0 Å². The topological polar surface area (TPSA) is 92.4 Å². The van der Waals surface area contributed by atoms with E-state index in [1.54, 1.807) is 0 Å². The van der Waals surface area contributed by atoms with E-state index < -0.39 is 12.0 Å². The zero-order valence-electron chi connectivity index (χ0n) is 12.5. The van der Waals surface area contributed by atoms with Crippen LogP contribution in [-0.4, -0.2) is 29.6 Å². The standard InChI is InChI=1S/C14H28N2O3/c1-9(2)5-11(8-15)7-13(17)16-12(14(18)19)6-10(3)4/h9-12H,5-8,15H2,1-4H3,(H,16,17)(H,18,19)/t11-,12?/m0/s1. The van der Waals surface area contributed by atoms with Gasteiger partial charge >= 0.3 is 5.97 Å². The van der Waals surface area contributed by atoms with Crippen molar-refractivity contribution in [1.82, 2.24) is 5.32 Å². The number of carbonyl (C=O) groups is 2. The van der Waals surface area contributed by atoms with E-state index in [2.05, 4.69) is 19.2 Å². The second-order valence-electron chi connectivity index (χ2n) is 6.02. The molecular formula is C14H28N2O3. The van der Waals surface area contributed by atoms with Crippen molar-refractivity contribution in [1.29, 1.82) is 0 Å². The lowest BCUT2D eigenvalue weighted by molar-refractivity contribution is -0.142. The first-order valence-electron chi connectivity index (χ1n) is 6.98. The molecule has 0 aliphatic rings. The Balaban J connectivity index is 4.35. The average Bonchev–Trinajstić information content (AvgIpc) is 2.25. The van der Waals surface area contributed by atoms with Gasteiger partial charge in [0, 0.05) is 6.42 Å². The Bertz CT molecular complexity index is 290. The molecule has 0 aromatic carbocycles. The highest BCUT2D eigenvalue weighted by Crippen LogP contribution is 2.14. The van der Waals surface area contributed by atoms with Crippen molar-refractivity contribution < 1.29 is 14.7 Å². The van der Waals surface area contributed by atoms with Crippen molar-refractivity contribution in [2.24, 2.45) is 23.5 Å². The van der Waals surface area contributed by atoms with Gasteiger partial charge in [0.1, 0.15) is 6.04 Å². The maximum atomic E-state index is 11.9. The van der Waals surface area contributed by atoms with E-state index in [9.17, 15) is 9.59 Å². The molecule has 0 aromatic rings. The quantitative estimate of drug-likeness (QED) is 0.594. The van der Waals surface area contributed by atoms with Gasteiger partial charge in [0.25, 0.3) is 0 Å². The molecule has 4 N–H and O–H groups in total. The molecule has 0 aliphatic heterocycles. The number of carboxylic acids is 1. The van der Waals surface area contributed by atoms with Gasteiger partial charge in [-0.05, 0) is 37.1 Å². The molecule has 0 saturated carbocycles. The van der Waals surface area contributed by atoms with Gasteiger partial charge in [-0.1, -0.05) is 27.7 Å². The number of hydrogen-bond acceptors (Lipinski definition) is 3. The lowest BCUT2D eigenvalue weighted by Crippen LogP contribution is -2.42. The third kappa shape index (κ3) is 8.59. The van der Waals surface area contributed by atoms with E-state index in [-0.39, 0.29) is 17.7 Å². The van der Waals surface area contributed by atoms with Crippen molar-refractivity contribution in [2.45, 2.75) is 53.0 Å². The Hall–Kier alpha value is -1.10. The van der Waals surface area contributed by atoms with Gasteiger partial charge in [0.15, 0.2) is 0 Å². The van der Waals surface area contributed by atoms with Gasteiger partial charge < -0.3 is 16.2 Å². The van der Waals surface area contributed by atoms with Crippen molar-refractivity contribution in [2.75, 3.05) is 6.54 Å². The van der Waals surface area contributed by atoms with E-state index in [0.717, 1.165) is 6.42 Å². The number of rotatable bonds is 9. The number of carboxylic acid groups (broad SMARTS) is 1. The molecule has 5 nitrogen and oxygen atoms in total. The normalized spacial score (nSPS) is 14.5. The Morgan fingerprint density at radius 1 is 1.11 bits per heavy atom. The van der Waals surface area contributed by atoms with Gasteiger partial charge in [-0.2, -0.15) is 0 Å². The predicted molar refractivity (Wildman–Crippen MR) is 75.6 cm³/mol. The van der Waals surface area contributed by atoms with E-state index in [4.69, 9.17) is 10.8 Å². The highest BCUT2D eigenvalue weighted by molar-refractivity contribution is 5.83. The van der Waals surface area contributed by atoms with Gasteiger partial charge in [-0.15, -0.1) is 0 Å². The molecule has 1 amide bonds.